The number of hydrogen-bond donors (Lipinski definition) is 3. The van der Waals surface area contributed by atoms with Crippen LogP contribution in [0.15, 0.2) is 0 Å². The second kappa shape index (κ2) is 6.20. The predicted molar refractivity (Wildman–Crippen MR) is 66.9 cm³/mol. The van der Waals surface area contributed by atoms with Gasteiger partial charge in [-0.25, -0.2) is 0 Å². The summed E-state index contributed by atoms with van der Waals surface area (Å²) in [6.07, 6.45) is -3.26. The van der Waals surface area contributed by atoms with Crippen LogP contribution in [0.5, 0.6) is 0 Å². The highest BCUT2D eigenvalue weighted by Crippen LogP contribution is 2.35. The van der Waals surface area contributed by atoms with Gasteiger partial charge in [0.2, 0.25) is 0 Å². The van der Waals surface area contributed by atoms with E-state index in [1.165, 1.54) is 0 Å². The molecule has 0 aliphatic carbocycles. The lowest BCUT2D eigenvalue weighted by Crippen LogP contribution is -2.62. The fourth-order valence-corrected chi connectivity index (χ4v) is 2.83. The van der Waals surface area contributed by atoms with E-state index in [1.54, 1.807) is 0 Å². The molecule has 3 saturated heterocycles. The summed E-state index contributed by atoms with van der Waals surface area (Å²) in [5.74, 6) is 0. The van der Waals surface area contributed by atoms with E-state index in [-0.39, 0.29) is 24.6 Å². The van der Waals surface area contributed by atoms with E-state index in [4.69, 9.17) is 23.7 Å². The van der Waals surface area contributed by atoms with Gasteiger partial charge in [0.15, 0.2) is 18.9 Å². The van der Waals surface area contributed by atoms with Crippen LogP contribution >= 0.6 is 0 Å². The Morgan fingerprint density at radius 1 is 0.900 bits per heavy atom. The van der Waals surface area contributed by atoms with Crippen molar-refractivity contribution in [1.82, 2.24) is 10.6 Å². The molecule has 0 amide bonds. The van der Waals surface area contributed by atoms with E-state index in [0.717, 1.165) is 0 Å². The smallest absolute Gasteiger partial charge is 0.184 e. The lowest BCUT2D eigenvalue weighted by atomic mass is 9.98. The van der Waals surface area contributed by atoms with Crippen LogP contribution in [-0.4, -0.2) is 82.2 Å². The fraction of sp³-hybridized carbons (Fsp3) is 1.00. The van der Waals surface area contributed by atoms with Crippen molar-refractivity contribution in [2.75, 3.05) is 33.8 Å². The second-order valence-corrected chi connectivity index (χ2v) is 5.17. The van der Waals surface area contributed by atoms with Crippen LogP contribution in [0.3, 0.4) is 0 Å². The Kier molecular flexibility index (Phi) is 4.53. The van der Waals surface area contributed by atoms with Gasteiger partial charge >= 0.3 is 0 Å². The van der Waals surface area contributed by atoms with Gasteiger partial charge in [0.05, 0.1) is 6.61 Å². The van der Waals surface area contributed by atoms with Crippen LogP contribution in [0.2, 0.25) is 0 Å². The minimum Gasteiger partial charge on any atom is -0.366 e. The molecule has 0 aromatic rings. The number of rotatable bonds is 4. The summed E-state index contributed by atoms with van der Waals surface area (Å²) in [6, 6.07) is 0. The van der Waals surface area contributed by atoms with Crippen molar-refractivity contribution in [3.63, 3.8) is 0 Å². The number of aliphatic hydroxyl groups is 1. The Hall–Kier alpha value is -0.320. The molecule has 0 spiro atoms. The number of fused-ring (bicyclic) bond motifs is 3. The van der Waals surface area contributed by atoms with E-state index in [0.29, 0.717) is 19.7 Å². The van der Waals surface area contributed by atoms with Crippen molar-refractivity contribution in [3.8, 4) is 0 Å². The third-order valence-electron chi connectivity index (χ3n) is 3.72. The maximum absolute atomic E-state index is 10.0. The third kappa shape index (κ3) is 2.70. The summed E-state index contributed by atoms with van der Waals surface area (Å²) in [5, 5.41) is 16.0. The van der Waals surface area contributed by atoms with E-state index in [9.17, 15) is 5.11 Å². The van der Waals surface area contributed by atoms with Gasteiger partial charge in [-0.3, -0.25) is 0 Å². The molecular formula is C12H22N2O6. The van der Waals surface area contributed by atoms with E-state index >= 15 is 0 Å². The normalized spacial score (nSPS) is 47.9. The van der Waals surface area contributed by atoms with Crippen LogP contribution in [0, 0.1) is 0 Å². The average Bonchev–Trinajstić information content (AvgIpc) is 2.85. The van der Waals surface area contributed by atoms with Crippen LogP contribution in [0.4, 0.5) is 0 Å². The molecule has 8 heteroatoms. The van der Waals surface area contributed by atoms with Gasteiger partial charge in [-0.1, -0.05) is 0 Å². The molecule has 0 aromatic carbocycles. The molecule has 0 radical (unpaired) electrons. The van der Waals surface area contributed by atoms with Crippen molar-refractivity contribution in [2.45, 2.75) is 43.3 Å². The SMILES string of the molecule is CNCC1OCC2OC(O)C3OC(CNC)OC3C2O1. The Morgan fingerprint density at radius 2 is 1.55 bits per heavy atom. The standard InChI is InChI=1S/C12H22N2O6/c1-13-3-7-16-5-6-9(18-7)10-11(12(15)17-6)20-8(19-10)4-14-2/h6-15H,3-5H2,1-2H3. The highest BCUT2D eigenvalue weighted by atomic mass is 16.8. The van der Waals surface area contributed by atoms with Crippen molar-refractivity contribution in [1.29, 1.82) is 0 Å². The number of nitrogens with one attached hydrogen (secondary N) is 2. The first-order valence-electron chi connectivity index (χ1n) is 6.93. The number of ether oxygens (including phenoxy) is 5. The molecule has 3 aliphatic rings. The predicted octanol–water partition coefficient (Wildman–Crippen LogP) is -2.01. The van der Waals surface area contributed by atoms with Gasteiger partial charge in [0, 0.05) is 13.1 Å². The van der Waals surface area contributed by atoms with Gasteiger partial charge in [-0.2, -0.15) is 0 Å². The molecule has 20 heavy (non-hydrogen) atoms. The molecule has 3 N–H and O–H groups in total. The molecule has 0 bridgehead atoms. The molecular weight excluding hydrogens is 268 g/mol. The van der Waals surface area contributed by atoms with Gasteiger partial charge in [0.25, 0.3) is 0 Å². The third-order valence-corrected chi connectivity index (χ3v) is 3.72. The quantitative estimate of drug-likeness (QED) is 0.547. The molecule has 8 nitrogen and oxygen atoms in total. The van der Waals surface area contributed by atoms with E-state index in [2.05, 4.69) is 10.6 Å². The van der Waals surface area contributed by atoms with Crippen molar-refractivity contribution in [2.24, 2.45) is 0 Å². The Balaban J connectivity index is 1.69. The molecule has 0 aromatic heterocycles. The minimum absolute atomic E-state index is 0.294. The van der Waals surface area contributed by atoms with Gasteiger partial charge in [-0.15, -0.1) is 0 Å². The van der Waals surface area contributed by atoms with Crippen molar-refractivity contribution >= 4 is 0 Å². The first-order valence-corrected chi connectivity index (χ1v) is 6.93. The van der Waals surface area contributed by atoms with E-state index < -0.39 is 18.7 Å². The molecule has 0 saturated carbocycles. The molecule has 7 unspecified atom stereocenters. The monoisotopic (exact) mass is 290 g/mol. The second-order valence-electron chi connectivity index (χ2n) is 5.17. The first-order chi connectivity index (χ1) is 9.72. The summed E-state index contributed by atoms with van der Waals surface area (Å²) in [7, 11) is 3.65. The maximum atomic E-state index is 10.0. The van der Waals surface area contributed by atoms with Gasteiger partial charge < -0.3 is 39.4 Å². The highest BCUT2D eigenvalue weighted by Gasteiger charge is 2.55. The summed E-state index contributed by atoms with van der Waals surface area (Å²) in [5.41, 5.74) is 0. The summed E-state index contributed by atoms with van der Waals surface area (Å²) in [4.78, 5) is 0. The average molecular weight is 290 g/mol. The zero-order valence-corrected chi connectivity index (χ0v) is 11.7. The zero-order chi connectivity index (χ0) is 14.1. The molecule has 3 heterocycles. The van der Waals surface area contributed by atoms with Crippen LogP contribution in [-0.2, 0) is 23.7 Å². The summed E-state index contributed by atoms with van der Waals surface area (Å²) < 4.78 is 28.4. The maximum Gasteiger partial charge on any atom is 0.184 e. The molecule has 3 fully saturated rings. The summed E-state index contributed by atoms with van der Waals surface area (Å²) in [6.45, 7) is 1.51. The highest BCUT2D eigenvalue weighted by molar-refractivity contribution is 4.96. The topological polar surface area (TPSA) is 90.4 Å². The molecule has 7 atom stereocenters. The van der Waals surface area contributed by atoms with E-state index in [1.807, 2.05) is 14.1 Å². The van der Waals surface area contributed by atoms with Gasteiger partial charge in [-0.05, 0) is 14.1 Å². The number of likely N-dealkylation sites (N-methyl/N-ethyl adjacent to an activating group) is 2. The zero-order valence-electron chi connectivity index (χ0n) is 11.7. The summed E-state index contributed by atoms with van der Waals surface area (Å²) >= 11 is 0. The molecule has 3 rings (SSSR count). The number of aliphatic hydroxyl groups excluding tert-OH is 1. The molecule has 3 aliphatic heterocycles. The first kappa shape index (κ1) is 14.6. The lowest BCUT2D eigenvalue weighted by Gasteiger charge is -2.44. The van der Waals surface area contributed by atoms with Crippen molar-refractivity contribution < 1.29 is 28.8 Å². The Labute approximate surface area is 117 Å². The Bertz CT molecular complexity index is 333. The van der Waals surface area contributed by atoms with Crippen molar-refractivity contribution in [3.05, 3.63) is 0 Å². The minimum atomic E-state index is -1.02. The van der Waals surface area contributed by atoms with Crippen LogP contribution in [0.25, 0.3) is 0 Å². The number of hydrogen-bond acceptors (Lipinski definition) is 8. The Morgan fingerprint density at radius 3 is 2.30 bits per heavy atom. The van der Waals surface area contributed by atoms with Crippen LogP contribution in [0.1, 0.15) is 0 Å². The van der Waals surface area contributed by atoms with Crippen LogP contribution < -0.4 is 10.6 Å². The molecule has 116 valence electrons. The fourth-order valence-electron chi connectivity index (χ4n) is 2.83. The largest absolute Gasteiger partial charge is 0.366 e. The lowest BCUT2D eigenvalue weighted by molar-refractivity contribution is -0.335. The van der Waals surface area contributed by atoms with Gasteiger partial charge in [0.1, 0.15) is 24.4 Å².